The monoisotopic (exact) mass is 246 g/mol. The van der Waals surface area contributed by atoms with Gasteiger partial charge in [-0.3, -0.25) is 0 Å². The topological polar surface area (TPSA) is 57.5 Å². The maximum Gasteiger partial charge on any atom is 0.339 e. The normalized spacial score (nSPS) is 10.3. The molecule has 0 aliphatic heterocycles. The van der Waals surface area contributed by atoms with Gasteiger partial charge in [-0.1, -0.05) is 17.7 Å². The van der Waals surface area contributed by atoms with Crippen LogP contribution in [-0.4, -0.2) is 16.2 Å². The molecule has 2 aromatic rings. The Balaban J connectivity index is 2.55. The number of carboxylic acid groups (broad SMARTS) is 1. The highest BCUT2D eigenvalue weighted by molar-refractivity contribution is 5.91. The van der Waals surface area contributed by atoms with Crippen molar-refractivity contribution in [2.45, 2.75) is 6.92 Å². The molecule has 3 nitrogen and oxygen atoms in total. The van der Waals surface area contributed by atoms with Crippen LogP contribution in [0.2, 0.25) is 0 Å². The molecule has 0 amide bonds. The van der Waals surface area contributed by atoms with Gasteiger partial charge in [0.15, 0.2) is 0 Å². The molecule has 0 bridgehead atoms. The van der Waals surface area contributed by atoms with Gasteiger partial charge in [0.1, 0.15) is 17.1 Å². The third-order valence-electron chi connectivity index (χ3n) is 2.66. The van der Waals surface area contributed by atoms with Crippen LogP contribution in [0.4, 0.5) is 4.39 Å². The molecule has 0 spiro atoms. The van der Waals surface area contributed by atoms with E-state index in [0.717, 1.165) is 5.56 Å². The van der Waals surface area contributed by atoms with Crippen LogP contribution in [0.15, 0.2) is 36.4 Å². The Morgan fingerprint density at radius 2 is 1.89 bits per heavy atom. The molecule has 2 N–H and O–H groups in total. The van der Waals surface area contributed by atoms with Gasteiger partial charge in [-0.2, -0.15) is 0 Å². The highest BCUT2D eigenvalue weighted by Gasteiger charge is 2.12. The van der Waals surface area contributed by atoms with Crippen molar-refractivity contribution in [1.29, 1.82) is 0 Å². The number of hydrogen-bond acceptors (Lipinski definition) is 2. The highest BCUT2D eigenvalue weighted by Crippen LogP contribution is 2.29. The fraction of sp³-hybridized carbons (Fsp3) is 0.0714. The summed E-state index contributed by atoms with van der Waals surface area (Å²) in [5, 5.41) is 18.4. The molecule has 2 rings (SSSR count). The minimum Gasteiger partial charge on any atom is -0.507 e. The Hall–Kier alpha value is -2.36. The Morgan fingerprint density at radius 3 is 2.50 bits per heavy atom. The van der Waals surface area contributed by atoms with Crippen molar-refractivity contribution >= 4 is 5.97 Å². The van der Waals surface area contributed by atoms with Crippen molar-refractivity contribution in [2.75, 3.05) is 0 Å². The predicted octanol–water partition coefficient (Wildman–Crippen LogP) is 3.20. The molecule has 0 saturated carbocycles. The maximum absolute atomic E-state index is 13.6. The summed E-state index contributed by atoms with van der Waals surface area (Å²) in [6.45, 7) is 1.83. The maximum atomic E-state index is 13.6. The van der Waals surface area contributed by atoms with Gasteiger partial charge < -0.3 is 10.2 Å². The Kier molecular flexibility index (Phi) is 3.02. The molecule has 0 aromatic heterocycles. The average molecular weight is 246 g/mol. The van der Waals surface area contributed by atoms with Crippen LogP contribution in [0.5, 0.6) is 5.75 Å². The lowest BCUT2D eigenvalue weighted by molar-refractivity contribution is 0.0694. The lowest BCUT2D eigenvalue weighted by Crippen LogP contribution is -1.96. The molecule has 0 unspecified atom stereocenters. The number of rotatable bonds is 2. The molecule has 0 aliphatic rings. The first kappa shape index (κ1) is 12.1. The van der Waals surface area contributed by atoms with Gasteiger partial charge in [-0.05, 0) is 36.8 Å². The van der Waals surface area contributed by atoms with Crippen LogP contribution < -0.4 is 0 Å². The molecule has 92 valence electrons. The van der Waals surface area contributed by atoms with Crippen LogP contribution in [0, 0.1) is 12.7 Å². The fourth-order valence-electron chi connectivity index (χ4n) is 1.74. The van der Waals surface area contributed by atoms with Crippen LogP contribution in [0.25, 0.3) is 11.1 Å². The van der Waals surface area contributed by atoms with Gasteiger partial charge in [0.05, 0.1) is 0 Å². The molecule has 0 saturated heterocycles. The second-order valence-electron chi connectivity index (χ2n) is 4.02. The van der Waals surface area contributed by atoms with E-state index in [1.54, 1.807) is 12.1 Å². The van der Waals surface area contributed by atoms with Gasteiger partial charge in [0, 0.05) is 5.56 Å². The van der Waals surface area contributed by atoms with Gasteiger partial charge in [-0.25, -0.2) is 9.18 Å². The number of hydrogen-bond donors (Lipinski definition) is 2. The van der Waals surface area contributed by atoms with Crippen LogP contribution in [-0.2, 0) is 0 Å². The zero-order valence-electron chi connectivity index (χ0n) is 9.64. The van der Waals surface area contributed by atoms with E-state index < -0.39 is 11.8 Å². The van der Waals surface area contributed by atoms with E-state index in [1.807, 2.05) is 6.92 Å². The summed E-state index contributed by atoms with van der Waals surface area (Å²) in [6.07, 6.45) is 0. The van der Waals surface area contributed by atoms with Crippen LogP contribution in [0.1, 0.15) is 15.9 Å². The summed E-state index contributed by atoms with van der Waals surface area (Å²) in [4.78, 5) is 10.8. The second-order valence-corrected chi connectivity index (χ2v) is 4.02. The van der Waals surface area contributed by atoms with Crippen molar-refractivity contribution in [3.05, 3.63) is 53.3 Å². The summed E-state index contributed by atoms with van der Waals surface area (Å²) in [5.41, 5.74) is 1.46. The second kappa shape index (κ2) is 4.49. The van der Waals surface area contributed by atoms with Crippen molar-refractivity contribution < 1.29 is 19.4 Å². The van der Waals surface area contributed by atoms with E-state index in [4.69, 9.17) is 5.11 Å². The number of phenols is 1. The molecule has 4 heteroatoms. The van der Waals surface area contributed by atoms with Crippen molar-refractivity contribution in [3.63, 3.8) is 0 Å². The van der Waals surface area contributed by atoms with Crippen molar-refractivity contribution in [2.24, 2.45) is 0 Å². The number of aromatic hydroxyl groups is 1. The molecule has 18 heavy (non-hydrogen) atoms. The summed E-state index contributed by atoms with van der Waals surface area (Å²) < 4.78 is 13.6. The zero-order valence-corrected chi connectivity index (χ0v) is 9.64. The standard InChI is InChI=1S/C14H11FO3/c1-8-2-5-12(15)11(6-8)9-3-4-10(14(17)18)13(16)7-9/h2-7,16H,1H3,(H,17,18). The molecule has 0 atom stereocenters. The number of aryl methyl sites for hydroxylation is 1. The van der Waals surface area contributed by atoms with E-state index in [-0.39, 0.29) is 11.3 Å². The number of halogens is 1. The molecule has 0 heterocycles. The first-order chi connectivity index (χ1) is 8.49. The smallest absolute Gasteiger partial charge is 0.339 e. The summed E-state index contributed by atoms with van der Waals surface area (Å²) in [5.74, 6) is -2.01. The van der Waals surface area contributed by atoms with Crippen LogP contribution >= 0.6 is 0 Å². The molecular formula is C14H11FO3. The van der Waals surface area contributed by atoms with Crippen LogP contribution in [0.3, 0.4) is 0 Å². The molecule has 2 aromatic carbocycles. The van der Waals surface area contributed by atoms with Gasteiger partial charge in [-0.15, -0.1) is 0 Å². The van der Waals surface area contributed by atoms with E-state index in [9.17, 15) is 14.3 Å². The lowest BCUT2D eigenvalue weighted by atomic mass is 10.0. The summed E-state index contributed by atoms with van der Waals surface area (Å²) in [7, 11) is 0. The first-order valence-electron chi connectivity index (χ1n) is 5.32. The van der Waals surface area contributed by atoms with E-state index >= 15 is 0 Å². The van der Waals surface area contributed by atoms with Gasteiger partial charge in [0.25, 0.3) is 0 Å². The average Bonchev–Trinajstić information content (AvgIpc) is 2.31. The van der Waals surface area contributed by atoms with E-state index in [1.165, 1.54) is 24.3 Å². The molecular weight excluding hydrogens is 235 g/mol. The minimum absolute atomic E-state index is 0.202. The highest BCUT2D eigenvalue weighted by atomic mass is 19.1. The zero-order chi connectivity index (χ0) is 13.3. The Morgan fingerprint density at radius 1 is 1.17 bits per heavy atom. The minimum atomic E-state index is -1.22. The largest absolute Gasteiger partial charge is 0.507 e. The Labute approximate surface area is 103 Å². The first-order valence-corrected chi connectivity index (χ1v) is 5.32. The van der Waals surface area contributed by atoms with Gasteiger partial charge in [0.2, 0.25) is 0 Å². The number of carboxylic acids is 1. The van der Waals surface area contributed by atoms with Crippen molar-refractivity contribution in [1.82, 2.24) is 0 Å². The molecule has 0 aliphatic carbocycles. The quantitative estimate of drug-likeness (QED) is 0.855. The third-order valence-corrected chi connectivity index (χ3v) is 2.66. The third kappa shape index (κ3) is 2.18. The van der Waals surface area contributed by atoms with E-state index in [2.05, 4.69) is 0 Å². The summed E-state index contributed by atoms with van der Waals surface area (Å²) >= 11 is 0. The SMILES string of the molecule is Cc1ccc(F)c(-c2ccc(C(=O)O)c(O)c2)c1. The van der Waals surface area contributed by atoms with Gasteiger partial charge >= 0.3 is 5.97 Å². The van der Waals surface area contributed by atoms with E-state index in [0.29, 0.717) is 11.1 Å². The Bertz CT molecular complexity index is 620. The molecule has 0 radical (unpaired) electrons. The van der Waals surface area contributed by atoms with Crippen molar-refractivity contribution in [3.8, 4) is 16.9 Å². The lowest BCUT2D eigenvalue weighted by Gasteiger charge is -2.07. The summed E-state index contributed by atoms with van der Waals surface area (Å²) in [6, 6.07) is 8.61. The molecule has 0 fully saturated rings. The fourth-order valence-corrected chi connectivity index (χ4v) is 1.74. The number of aromatic carboxylic acids is 1. The number of benzene rings is 2. The predicted molar refractivity (Wildman–Crippen MR) is 65.2 cm³/mol. The number of carbonyl (C=O) groups is 1.